The zero-order valence-corrected chi connectivity index (χ0v) is 19.7. The molecule has 1 aromatic carbocycles. The first-order valence-corrected chi connectivity index (χ1v) is 12.5. The fourth-order valence-corrected chi connectivity index (χ4v) is 3.72. The molecule has 0 amide bonds. The second kappa shape index (κ2) is 18.3. The standard InChI is InChI=1S/C26H44O5/c1-2-3-4-5-6-7-8-9-10-11-12-24-13-14-25-26(23-24)31-22-20-29-18-16-27-15-17-28-19-21-30-25/h13-14,23H,2-12,15-22H2,1H3. The molecule has 0 radical (unpaired) electrons. The van der Waals surface area contributed by atoms with Gasteiger partial charge in [-0.15, -0.1) is 0 Å². The number of benzene rings is 1. The van der Waals surface area contributed by atoms with Gasteiger partial charge >= 0.3 is 0 Å². The van der Waals surface area contributed by atoms with Crippen molar-refractivity contribution < 1.29 is 23.7 Å². The van der Waals surface area contributed by atoms with Crippen LogP contribution in [0.4, 0.5) is 0 Å². The Morgan fingerprint density at radius 3 is 1.61 bits per heavy atom. The lowest BCUT2D eigenvalue weighted by atomic mass is 10.0. The van der Waals surface area contributed by atoms with E-state index in [9.17, 15) is 0 Å². The quantitative estimate of drug-likeness (QED) is 0.400. The maximum Gasteiger partial charge on any atom is 0.161 e. The smallest absolute Gasteiger partial charge is 0.161 e. The summed E-state index contributed by atoms with van der Waals surface area (Å²) in [6.45, 7) is 6.69. The van der Waals surface area contributed by atoms with Crippen LogP contribution in [0.2, 0.25) is 0 Å². The highest BCUT2D eigenvalue weighted by Gasteiger charge is 2.08. The molecule has 0 bridgehead atoms. The zero-order chi connectivity index (χ0) is 21.8. The van der Waals surface area contributed by atoms with Crippen molar-refractivity contribution in [2.75, 3.05) is 52.9 Å². The molecule has 0 aliphatic carbocycles. The summed E-state index contributed by atoms with van der Waals surface area (Å²) in [6.07, 6.45) is 14.7. The van der Waals surface area contributed by atoms with Crippen LogP contribution in [0.25, 0.3) is 0 Å². The van der Waals surface area contributed by atoms with Crippen LogP contribution in [0.5, 0.6) is 11.5 Å². The van der Waals surface area contributed by atoms with Crippen LogP contribution >= 0.6 is 0 Å². The lowest BCUT2D eigenvalue weighted by Gasteiger charge is -2.14. The molecule has 0 fully saturated rings. The van der Waals surface area contributed by atoms with Crippen molar-refractivity contribution in [2.45, 2.75) is 77.6 Å². The van der Waals surface area contributed by atoms with Gasteiger partial charge in [0.25, 0.3) is 0 Å². The van der Waals surface area contributed by atoms with Crippen molar-refractivity contribution in [3.05, 3.63) is 23.8 Å². The third-order valence-electron chi connectivity index (χ3n) is 5.54. The average molecular weight is 437 g/mol. The molecule has 178 valence electrons. The molecule has 1 heterocycles. The minimum atomic E-state index is 0.505. The van der Waals surface area contributed by atoms with Crippen molar-refractivity contribution in [2.24, 2.45) is 0 Å². The van der Waals surface area contributed by atoms with Gasteiger partial charge in [0.2, 0.25) is 0 Å². The largest absolute Gasteiger partial charge is 0.487 e. The van der Waals surface area contributed by atoms with E-state index in [1.165, 1.54) is 69.8 Å². The van der Waals surface area contributed by atoms with E-state index < -0.39 is 0 Å². The van der Waals surface area contributed by atoms with Crippen LogP contribution in [0.1, 0.15) is 76.7 Å². The van der Waals surface area contributed by atoms with Crippen molar-refractivity contribution in [1.29, 1.82) is 0 Å². The topological polar surface area (TPSA) is 46.2 Å². The molecule has 0 aromatic heterocycles. The van der Waals surface area contributed by atoms with Crippen LogP contribution in [-0.4, -0.2) is 52.9 Å². The van der Waals surface area contributed by atoms with Gasteiger partial charge in [-0.25, -0.2) is 0 Å². The van der Waals surface area contributed by atoms with E-state index in [0.717, 1.165) is 17.9 Å². The molecule has 0 atom stereocenters. The Hall–Kier alpha value is -1.30. The van der Waals surface area contributed by atoms with Crippen molar-refractivity contribution in [3.63, 3.8) is 0 Å². The summed E-state index contributed by atoms with van der Waals surface area (Å²) < 4.78 is 28.4. The van der Waals surface area contributed by atoms with Crippen molar-refractivity contribution in [3.8, 4) is 11.5 Å². The minimum absolute atomic E-state index is 0.505. The van der Waals surface area contributed by atoms with Gasteiger partial charge in [0, 0.05) is 0 Å². The Bertz CT molecular complexity index is 549. The third kappa shape index (κ3) is 13.0. The van der Waals surface area contributed by atoms with Gasteiger partial charge < -0.3 is 23.7 Å². The zero-order valence-electron chi connectivity index (χ0n) is 19.7. The summed E-state index contributed by atoms with van der Waals surface area (Å²) in [5.41, 5.74) is 1.31. The van der Waals surface area contributed by atoms with Crippen LogP contribution in [-0.2, 0) is 20.6 Å². The van der Waals surface area contributed by atoms with Gasteiger partial charge in [0.05, 0.1) is 39.6 Å². The van der Waals surface area contributed by atoms with E-state index in [2.05, 4.69) is 19.1 Å². The monoisotopic (exact) mass is 436 g/mol. The van der Waals surface area contributed by atoms with Gasteiger partial charge in [0.15, 0.2) is 11.5 Å². The van der Waals surface area contributed by atoms with Crippen molar-refractivity contribution in [1.82, 2.24) is 0 Å². The number of unbranched alkanes of at least 4 members (excludes halogenated alkanes) is 9. The van der Waals surface area contributed by atoms with Gasteiger partial charge in [0.1, 0.15) is 13.2 Å². The first-order chi connectivity index (χ1) is 15.4. The summed E-state index contributed by atoms with van der Waals surface area (Å²) in [6, 6.07) is 6.32. The highest BCUT2D eigenvalue weighted by atomic mass is 16.6. The van der Waals surface area contributed by atoms with Gasteiger partial charge in [-0.1, -0.05) is 70.8 Å². The second-order valence-corrected chi connectivity index (χ2v) is 8.25. The molecule has 1 aliphatic rings. The van der Waals surface area contributed by atoms with E-state index in [-0.39, 0.29) is 0 Å². The van der Waals surface area contributed by atoms with Crippen LogP contribution in [0.3, 0.4) is 0 Å². The summed E-state index contributed by atoms with van der Waals surface area (Å²) in [5.74, 6) is 1.58. The number of hydrogen-bond donors (Lipinski definition) is 0. The predicted octanol–water partition coefficient (Wildman–Crippen LogP) is 5.97. The molecular formula is C26H44O5. The second-order valence-electron chi connectivity index (χ2n) is 8.25. The van der Waals surface area contributed by atoms with Gasteiger partial charge in [-0.05, 0) is 30.5 Å². The van der Waals surface area contributed by atoms with Crippen LogP contribution in [0.15, 0.2) is 18.2 Å². The Balaban J connectivity index is 1.70. The Morgan fingerprint density at radius 2 is 1.03 bits per heavy atom. The molecule has 5 heteroatoms. The maximum atomic E-state index is 5.97. The number of fused-ring (bicyclic) bond motifs is 1. The van der Waals surface area contributed by atoms with Crippen LogP contribution in [0, 0.1) is 0 Å². The predicted molar refractivity (Wildman–Crippen MR) is 125 cm³/mol. The Morgan fingerprint density at radius 1 is 0.548 bits per heavy atom. The number of aryl methyl sites for hydroxylation is 1. The fraction of sp³-hybridized carbons (Fsp3) is 0.769. The average Bonchev–Trinajstić information content (AvgIpc) is 2.79. The lowest BCUT2D eigenvalue weighted by molar-refractivity contribution is 0.00708. The first kappa shape index (κ1) is 26.0. The first-order valence-electron chi connectivity index (χ1n) is 12.5. The molecular weight excluding hydrogens is 392 g/mol. The highest BCUT2D eigenvalue weighted by Crippen LogP contribution is 2.29. The van der Waals surface area contributed by atoms with Gasteiger partial charge in [-0.2, -0.15) is 0 Å². The van der Waals surface area contributed by atoms with Crippen LogP contribution < -0.4 is 9.47 Å². The molecule has 0 spiro atoms. The fourth-order valence-electron chi connectivity index (χ4n) is 3.72. The van der Waals surface area contributed by atoms with E-state index in [1.54, 1.807) is 0 Å². The van der Waals surface area contributed by atoms with E-state index in [0.29, 0.717) is 52.9 Å². The van der Waals surface area contributed by atoms with E-state index in [4.69, 9.17) is 23.7 Å². The molecule has 1 aromatic rings. The van der Waals surface area contributed by atoms with Gasteiger partial charge in [-0.3, -0.25) is 0 Å². The summed E-state index contributed by atoms with van der Waals surface area (Å²) in [4.78, 5) is 0. The van der Waals surface area contributed by atoms with E-state index in [1.807, 2.05) is 6.07 Å². The molecule has 0 unspecified atom stereocenters. The molecule has 0 N–H and O–H groups in total. The molecule has 2 rings (SSSR count). The molecule has 31 heavy (non-hydrogen) atoms. The maximum absolute atomic E-state index is 5.97. The molecule has 0 saturated heterocycles. The molecule has 1 aliphatic heterocycles. The SMILES string of the molecule is CCCCCCCCCCCCc1ccc2c(c1)OCCOCCOCCOCCO2. The third-order valence-corrected chi connectivity index (χ3v) is 5.54. The highest BCUT2D eigenvalue weighted by molar-refractivity contribution is 5.43. The minimum Gasteiger partial charge on any atom is -0.487 e. The number of ether oxygens (including phenoxy) is 5. The molecule has 5 nitrogen and oxygen atoms in total. The number of hydrogen-bond acceptors (Lipinski definition) is 5. The number of rotatable bonds is 11. The summed E-state index contributed by atoms with van der Waals surface area (Å²) in [7, 11) is 0. The molecule has 0 saturated carbocycles. The summed E-state index contributed by atoms with van der Waals surface area (Å²) >= 11 is 0. The van der Waals surface area contributed by atoms with E-state index >= 15 is 0 Å². The van der Waals surface area contributed by atoms with Crippen molar-refractivity contribution >= 4 is 0 Å². The Labute approximate surface area is 189 Å². The normalized spacial score (nSPS) is 16.4. The lowest BCUT2D eigenvalue weighted by Crippen LogP contribution is -2.13. The summed E-state index contributed by atoms with van der Waals surface area (Å²) in [5, 5.41) is 0. The Kier molecular flexibility index (Phi) is 15.3.